The van der Waals surface area contributed by atoms with Crippen LogP contribution in [0.5, 0.6) is 0 Å². The van der Waals surface area contributed by atoms with Gasteiger partial charge in [-0.25, -0.2) is 0 Å². The fourth-order valence-corrected chi connectivity index (χ4v) is 2.87. The van der Waals surface area contributed by atoms with E-state index in [2.05, 4.69) is 18.7 Å². The zero-order valence-corrected chi connectivity index (χ0v) is 10.1. The molecule has 0 aromatic heterocycles. The van der Waals surface area contributed by atoms with Crippen LogP contribution in [0.2, 0.25) is 0 Å². The number of carbonyl (C=O) groups is 1. The number of Topliss-reactive ketones (excluding diaryl/α,β-unsaturated/α-hetero) is 1. The van der Waals surface area contributed by atoms with Crippen LogP contribution in [0.4, 0.5) is 0 Å². The molecule has 0 bridgehead atoms. The van der Waals surface area contributed by atoms with Gasteiger partial charge in [0.05, 0.1) is 5.54 Å². The van der Waals surface area contributed by atoms with Crippen molar-refractivity contribution in [3.63, 3.8) is 0 Å². The molecule has 1 aliphatic heterocycles. The maximum Gasteiger partial charge on any atom is 0.155 e. The number of ketones is 1. The van der Waals surface area contributed by atoms with Crippen LogP contribution in [0, 0.1) is 5.92 Å². The van der Waals surface area contributed by atoms with Gasteiger partial charge in [0.25, 0.3) is 0 Å². The third kappa shape index (κ3) is 1.84. The normalized spacial score (nSPS) is 27.3. The van der Waals surface area contributed by atoms with Crippen LogP contribution in [0.25, 0.3) is 0 Å². The van der Waals surface area contributed by atoms with Gasteiger partial charge in [0.2, 0.25) is 0 Å². The van der Waals surface area contributed by atoms with Crippen molar-refractivity contribution < 1.29 is 4.79 Å². The van der Waals surface area contributed by atoms with Gasteiger partial charge in [-0.3, -0.25) is 9.69 Å². The third-order valence-electron chi connectivity index (χ3n) is 4.50. The van der Waals surface area contributed by atoms with Crippen molar-refractivity contribution in [1.29, 1.82) is 0 Å². The Balaban J connectivity index is 2.07. The third-order valence-corrected chi connectivity index (χ3v) is 4.50. The molecule has 0 amide bonds. The van der Waals surface area contributed by atoms with E-state index in [4.69, 9.17) is 0 Å². The maximum absolute atomic E-state index is 12.4. The molecule has 0 spiro atoms. The van der Waals surface area contributed by atoms with Crippen molar-refractivity contribution >= 4 is 5.78 Å². The Morgan fingerprint density at radius 2 is 1.87 bits per heavy atom. The number of rotatable bonds is 4. The molecule has 0 radical (unpaired) electrons. The van der Waals surface area contributed by atoms with Gasteiger partial charge in [0, 0.05) is 5.92 Å². The first-order valence-electron chi connectivity index (χ1n) is 6.48. The lowest BCUT2D eigenvalue weighted by molar-refractivity contribution is -0.136. The zero-order valence-electron chi connectivity index (χ0n) is 10.1. The molecular formula is C13H23NO. The molecule has 0 aromatic carbocycles. The van der Waals surface area contributed by atoms with E-state index in [9.17, 15) is 4.79 Å². The Morgan fingerprint density at radius 3 is 2.27 bits per heavy atom. The monoisotopic (exact) mass is 209 g/mol. The number of hydrogen-bond donors (Lipinski definition) is 0. The van der Waals surface area contributed by atoms with Gasteiger partial charge < -0.3 is 0 Å². The molecule has 86 valence electrons. The molecule has 1 aliphatic carbocycles. The summed E-state index contributed by atoms with van der Waals surface area (Å²) in [7, 11) is 0. The summed E-state index contributed by atoms with van der Waals surface area (Å²) in [6.45, 7) is 6.58. The van der Waals surface area contributed by atoms with E-state index in [0.717, 1.165) is 32.4 Å². The van der Waals surface area contributed by atoms with Gasteiger partial charge in [-0.2, -0.15) is 0 Å². The van der Waals surface area contributed by atoms with Crippen LogP contribution in [0.1, 0.15) is 52.4 Å². The average Bonchev–Trinajstić information content (AvgIpc) is 2.66. The minimum atomic E-state index is -0.151. The van der Waals surface area contributed by atoms with Crippen LogP contribution in [0.3, 0.4) is 0 Å². The zero-order chi connectivity index (χ0) is 10.9. The summed E-state index contributed by atoms with van der Waals surface area (Å²) in [5, 5.41) is 0. The fourth-order valence-electron chi connectivity index (χ4n) is 2.87. The number of carbonyl (C=O) groups excluding carboxylic acids is 1. The number of nitrogens with zero attached hydrogens (tertiary/aromatic N) is 1. The lowest BCUT2D eigenvalue weighted by Crippen LogP contribution is -2.53. The lowest BCUT2D eigenvalue weighted by Gasteiger charge is -2.41. The Morgan fingerprint density at radius 1 is 1.27 bits per heavy atom. The predicted molar refractivity (Wildman–Crippen MR) is 61.9 cm³/mol. The van der Waals surface area contributed by atoms with E-state index in [1.807, 2.05) is 0 Å². The number of likely N-dealkylation sites (tertiary alicyclic amines) is 1. The molecule has 0 aromatic rings. The SMILES string of the molecule is CCC(C)(C(=O)C1CCC1)N1CCCC1. The molecule has 1 saturated carbocycles. The van der Waals surface area contributed by atoms with E-state index in [1.165, 1.54) is 19.3 Å². The van der Waals surface area contributed by atoms with Crippen molar-refractivity contribution in [1.82, 2.24) is 4.90 Å². The molecule has 1 unspecified atom stereocenters. The largest absolute Gasteiger partial charge is 0.297 e. The number of hydrogen-bond acceptors (Lipinski definition) is 2. The van der Waals surface area contributed by atoms with E-state index in [1.54, 1.807) is 0 Å². The second-order valence-electron chi connectivity index (χ2n) is 5.31. The van der Waals surface area contributed by atoms with E-state index >= 15 is 0 Å². The van der Waals surface area contributed by atoms with Crippen LogP contribution < -0.4 is 0 Å². The van der Waals surface area contributed by atoms with Crippen molar-refractivity contribution in [2.75, 3.05) is 13.1 Å². The first-order valence-corrected chi connectivity index (χ1v) is 6.48. The molecular weight excluding hydrogens is 186 g/mol. The van der Waals surface area contributed by atoms with Gasteiger partial charge in [0.1, 0.15) is 0 Å². The van der Waals surface area contributed by atoms with E-state index in [-0.39, 0.29) is 5.54 Å². The Kier molecular flexibility index (Phi) is 3.15. The van der Waals surface area contributed by atoms with Crippen molar-refractivity contribution in [3.8, 4) is 0 Å². The maximum atomic E-state index is 12.4. The summed E-state index contributed by atoms with van der Waals surface area (Å²) >= 11 is 0. The van der Waals surface area contributed by atoms with Crippen LogP contribution in [0.15, 0.2) is 0 Å². The second kappa shape index (κ2) is 4.25. The van der Waals surface area contributed by atoms with Gasteiger partial charge in [0.15, 0.2) is 5.78 Å². The molecule has 2 heteroatoms. The Bertz CT molecular complexity index is 241. The van der Waals surface area contributed by atoms with Crippen LogP contribution >= 0.6 is 0 Å². The molecule has 2 rings (SSSR count). The summed E-state index contributed by atoms with van der Waals surface area (Å²) < 4.78 is 0. The Hall–Kier alpha value is -0.370. The summed E-state index contributed by atoms with van der Waals surface area (Å²) in [6, 6.07) is 0. The standard InChI is InChI=1S/C13H23NO/c1-3-13(2,14-9-4-5-10-14)12(15)11-7-6-8-11/h11H,3-10H2,1-2H3. The smallest absolute Gasteiger partial charge is 0.155 e. The minimum absolute atomic E-state index is 0.151. The van der Waals surface area contributed by atoms with Crippen LogP contribution in [-0.4, -0.2) is 29.3 Å². The molecule has 1 atom stereocenters. The molecule has 0 N–H and O–H groups in total. The molecule has 2 fully saturated rings. The molecule has 15 heavy (non-hydrogen) atoms. The summed E-state index contributed by atoms with van der Waals surface area (Å²) in [5.74, 6) is 0.911. The highest BCUT2D eigenvalue weighted by Gasteiger charge is 2.43. The quantitative estimate of drug-likeness (QED) is 0.709. The van der Waals surface area contributed by atoms with E-state index in [0.29, 0.717) is 11.7 Å². The minimum Gasteiger partial charge on any atom is -0.297 e. The highest BCUT2D eigenvalue weighted by Crippen LogP contribution is 2.35. The molecule has 2 nitrogen and oxygen atoms in total. The van der Waals surface area contributed by atoms with Crippen molar-refractivity contribution in [2.45, 2.75) is 57.9 Å². The lowest BCUT2D eigenvalue weighted by atomic mass is 9.74. The average molecular weight is 209 g/mol. The predicted octanol–water partition coefficient (Wildman–Crippen LogP) is 2.62. The van der Waals surface area contributed by atoms with Gasteiger partial charge in [-0.05, 0) is 52.1 Å². The highest BCUT2D eigenvalue weighted by molar-refractivity contribution is 5.90. The summed E-state index contributed by atoms with van der Waals surface area (Å²) in [6.07, 6.45) is 7.06. The van der Waals surface area contributed by atoms with Gasteiger partial charge in [-0.1, -0.05) is 13.3 Å². The summed E-state index contributed by atoms with van der Waals surface area (Å²) in [5.41, 5.74) is -0.151. The van der Waals surface area contributed by atoms with Crippen molar-refractivity contribution in [3.05, 3.63) is 0 Å². The molecule has 1 saturated heterocycles. The molecule has 1 heterocycles. The van der Waals surface area contributed by atoms with Gasteiger partial charge in [-0.15, -0.1) is 0 Å². The fraction of sp³-hybridized carbons (Fsp3) is 0.923. The van der Waals surface area contributed by atoms with Gasteiger partial charge >= 0.3 is 0 Å². The highest BCUT2D eigenvalue weighted by atomic mass is 16.1. The van der Waals surface area contributed by atoms with Crippen molar-refractivity contribution in [2.24, 2.45) is 5.92 Å². The topological polar surface area (TPSA) is 20.3 Å². The summed E-state index contributed by atoms with van der Waals surface area (Å²) in [4.78, 5) is 14.8. The first kappa shape index (κ1) is 11.1. The van der Waals surface area contributed by atoms with E-state index < -0.39 is 0 Å². The molecule has 2 aliphatic rings. The first-order chi connectivity index (χ1) is 7.18. The van der Waals surface area contributed by atoms with Crippen LogP contribution in [-0.2, 0) is 4.79 Å². The Labute approximate surface area is 93.0 Å². The second-order valence-corrected chi connectivity index (χ2v) is 5.31.